The Labute approximate surface area is 102 Å². The second-order valence-corrected chi connectivity index (χ2v) is 4.15. The molecule has 1 aliphatic rings. The van der Waals surface area contributed by atoms with Gasteiger partial charge < -0.3 is 14.8 Å². The average molecular weight is 231 g/mol. The van der Waals surface area contributed by atoms with Crippen molar-refractivity contribution in [3.05, 3.63) is 23.3 Å². The number of ether oxygens (including phenoxy) is 2. The highest BCUT2D eigenvalue weighted by Gasteiger charge is 2.19. The van der Waals surface area contributed by atoms with Crippen LogP contribution >= 0.6 is 0 Å². The fourth-order valence-corrected chi connectivity index (χ4v) is 2.02. The fraction of sp³-hybridized carbons (Fsp3) is 0.429. The first-order chi connectivity index (χ1) is 8.28. The number of hydrogen-bond donors (Lipinski definition) is 1. The molecule has 0 spiro atoms. The molecule has 3 nitrogen and oxygen atoms in total. The number of nitrogens with one attached hydrogen (secondary N) is 1. The van der Waals surface area contributed by atoms with Crippen molar-refractivity contribution in [3.8, 4) is 23.8 Å². The monoisotopic (exact) mass is 231 g/mol. The van der Waals surface area contributed by atoms with E-state index in [4.69, 9.17) is 15.9 Å². The summed E-state index contributed by atoms with van der Waals surface area (Å²) < 4.78 is 10.7. The molecule has 0 bridgehead atoms. The predicted octanol–water partition coefficient (Wildman–Crippen LogP) is 1.59. The summed E-state index contributed by atoms with van der Waals surface area (Å²) >= 11 is 0. The van der Waals surface area contributed by atoms with Crippen molar-refractivity contribution in [3.63, 3.8) is 0 Å². The molecule has 17 heavy (non-hydrogen) atoms. The van der Waals surface area contributed by atoms with Crippen molar-refractivity contribution in [2.24, 2.45) is 0 Å². The summed E-state index contributed by atoms with van der Waals surface area (Å²) in [5, 5.41) is 3.37. The van der Waals surface area contributed by atoms with Crippen LogP contribution in [0.4, 0.5) is 0 Å². The molecule has 1 N–H and O–H groups in total. The molecule has 1 aromatic carbocycles. The summed E-state index contributed by atoms with van der Waals surface area (Å²) in [5.74, 6) is 4.19. The van der Waals surface area contributed by atoms with E-state index in [0.717, 1.165) is 35.6 Å². The zero-order valence-corrected chi connectivity index (χ0v) is 10.2. The topological polar surface area (TPSA) is 30.5 Å². The maximum absolute atomic E-state index is 5.44. The summed E-state index contributed by atoms with van der Waals surface area (Å²) in [6.45, 7) is 1.10. The minimum atomic E-state index is 0.547. The summed E-state index contributed by atoms with van der Waals surface area (Å²) in [6.07, 6.45) is 7.60. The van der Waals surface area contributed by atoms with Crippen LogP contribution in [-0.2, 0) is 6.42 Å². The van der Waals surface area contributed by atoms with E-state index < -0.39 is 0 Å². The molecule has 0 amide bonds. The van der Waals surface area contributed by atoms with Crippen LogP contribution < -0.4 is 14.8 Å². The lowest BCUT2D eigenvalue weighted by Crippen LogP contribution is -2.44. The van der Waals surface area contributed by atoms with Crippen LogP contribution in [-0.4, -0.2) is 26.8 Å². The summed E-state index contributed by atoms with van der Waals surface area (Å²) in [6, 6.07) is 4.39. The molecule has 2 rings (SSSR count). The first kappa shape index (κ1) is 11.8. The molecule has 1 unspecified atom stereocenters. The molecule has 0 saturated carbocycles. The molecule has 0 aromatic heterocycles. The molecular weight excluding hydrogens is 214 g/mol. The molecule has 1 heterocycles. The van der Waals surface area contributed by atoms with Gasteiger partial charge in [0.25, 0.3) is 0 Å². The maximum atomic E-state index is 5.44. The summed E-state index contributed by atoms with van der Waals surface area (Å²) in [5.41, 5.74) is 1.87. The third-order valence-electron chi connectivity index (χ3n) is 3.15. The number of rotatable bonds is 4. The van der Waals surface area contributed by atoms with E-state index in [2.05, 4.69) is 11.2 Å². The van der Waals surface area contributed by atoms with Gasteiger partial charge in [0, 0.05) is 6.04 Å². The molecule has 1 atom stereocenters. The number of benzene rings is 1. The van der Waals surface area contributed by atoms with Crippen LogP contribution in [0.3, 0.4) is 0 Å². The lowest BCUT2D eigenvalue weighted by Gasteiger charge is -2.28. The van der Waals surface area contributed by atoms with E-state index in [1.54, 1.807) is 14.2 Å². The first-order valence-electron chi connectivity index (χ1n) is 5.73. The van der Waals surface area contributed by atoms with Gasteiger partial charge in [-0.05, 0) is 37.1 Å². The highest BCUT2D eigenvalue weighted by atomic mass is 16.5. The minimum Gasteiger partial charge on any atom is -0.496 e. The van der Waals surface area contributed by atoms with Crippen LogP contribution in [0, 0.1) is 12.3 Å². The van der Waals surface area contributed by atoms with Gasteiger partial charge in [0.1, 0.15) is 11.5 Å². The smallest absolute Gasteiger partial charge is 0.135 e. The van der Waals surface area contributed by atoms with Crippen molar-refractivity contribution >= 4 is 0 Å². The van der Waals surface area contributed by atoms with Gasteiger partial charge in [-0.2, -0.15) is 0 Å². The Morgan fingerprint density at radius 1 is 1.35 bits per heavy atom. The first-order valence-corrected chi connectivity index (χ1v) is 5.73. The van der Waals surface area contributed by atoms with Crippen molar-refractivity contribution in [1.29, 1.82) is 0 Å². The van der Waals surface area contributed by atoms with Crippen molar-refractivity contribution in [2.75, 3.05) is 20.8 Å². The zero-order chi connectivity index (χ0) is 12.3. The molecule has 90 valence electrons. The Kier molecular flexibility index (Phi) is 3.55. The van der Waals surface area contributed by atoms with Gasteiger partial charge >= 0.3 is 0 Å². The van der Waals surface area contributed by atoms with E-state index in [9.17, 15) is 0 Å². The molecule has 1 saturated heterocycles. The van der Waals surface area contributed by atoms with Crippen molar-refractivity contribution in [1.82, 2.24) is 5.32 Å². The van der Waals surface area contributed by atoms with Gasteiger partial charge in [0.15, 0.2) is 0 Å². The van der Waals surface area contributed by atoms with Crippen LogP contribution in [0.15, 0.2) is 12.1 Å². The quantitative estimate of drug-likeness (QED) is 0.798. The van der Waals surface area contributed by atoms with Crippen molar-refractivity contribution in [2.45, 2.75) is 18.9 Å². The SMILES string of the molecule is C#Cc1cc(OC)c(CC2CCN2)cc1OC. The number of methoxy groups -OCH3 is 2. The predicted molar refractivity (Wildman–Crippen MR) is 67.6 cm³/mol. The van der Waals surface area contributed by atoms with E-state index >= 15 is 0 Å². The highest BCUT2D eigenvalue weighted by molar-refractivity contribution is 5.53. The normalized spacial score (nSPS) is 18.1. The lowest BCUT2D eigenvalue weighted by molar-refractivity contribution is 0.356. The van der Waals surface area contributed by atoms with Gasteiger partial charge in [-0.15, -0.1) is 6.42 Å². The molecule has 0 radical (unpaired) electrons. The third kappa shape index (κ3) is 2.37. The highest BCUT2D eigenvalue weighted by Crippen LogP contribution is 2.30. The molecule has 1 fully saturated rings. The van der Waals surface area contributed by atoms with Gasteiger partial charge in [-0.1, -0.05) is 5.92 Å². The van der Waals surface area contributed by atoms with Gasteiger partial charge in [0.05, 0.1) is 19.8 Å². The van der Waals surface area contributed by atoms with Crippen LogP contribution in [0.25, 0.3) is 0 Å². The zero-order valence-electron chi connectivity index (χ0n) is 10.2. The Morgan fingerprint density at radius 2 is 2.06 bits per heavy atom. The maximum Gasteiger partial charge on any atom is 0.135 e. The Bertz CT molecular complexity index is 444. The molecule has 1 aliphatic heterocycles. The van der Waals surface area contributed by atoms with E-state index in [-0.39, 0.29) is 0 Å². The largest absolute Gasteiger partial charge is 0.496 e. The van der Waals surface area contributed by atoms with E-state index in [1.807, 2.05) is 12.1 Å². The average Bonchev–Trinajstić information content (AvgIpc) is 2.32. The van der Waals surface area contributed by atoms with E-state index in [0.29, 0.717) is 6.04 Å². The Hall–Kier alpha value is -1.66. The molecule has 0 aliphatic carbocycles. The fourth-order valence-electron chi connectivity index (χ4n) is 2.02. The second-order valence-electron chi connectivity index (χ2n) is 4.15. The molecule has 1 aromatic rings. The van der Waals surface area contributed by atoms with E-state index in [1.165, 1.54) is 6.42 Å². The van der Waals surface area contributed by atoms with Crippen LogP contribution in [0.1, 0.15) is 17.5 Å². The van der Waals surface area contributed by atoms with Gasteiger partial charge in [-0.3, -0.25) is 0 Å². The second kappa shape index (κ2) is 5.11. The molecule has 3 heteroatoms. The lowest BCUT2D eigenvalue weighted by atomic mass is 9.96. The Balaban J connectivity index is 2.31. The third-order valence-corrected chi connectivity index (χ3v) is 3.15. The number of hydrogen-bond acceptors (Lipinski definition) is 3. The Morgan fingerprint density at radius 3 is 2.53 bits per heavy atom. The van der Waals surface area contributed by atoms with Crippen LogP contribution in [0.5, 0.6) is 11.5 Å². The number of terminal acetylenes is 1. The standard InChI is InChI=1S/C14H17NO2/c1-4-10-8-14(17-3)11(9-13(10)16-2)7-12-5-6-15-12/h1,8-9,12,15H,5-7H2,2-3H3. The minimum absolute atomic E-state index is 0.547. The van der Waals surface area contributed by atoms with Gasteiger partial charge in [0.2, 0.25) is 0 Å². The van der Waals surface area contributed by atoms with Crippen LogP contribution in [0.2, 0.25) is 0 Å². The molecular formula is C14H17NO2. The summed E-state index contributed by atoms with van der Waals surface area (Å²) in [4.78, 5) is 0. The van der Waals surface area contributed by atoms with Gasteiger partial charge in [-0.25, -0.2) is 0 Å². The summed E-state index contributed by atoms with van der Waals surface area (Å²) in [7, 11) is 3.30. The van der Waals surface area contributed by atoms with Crippen molar-refractivity contribution < 1.29 is 9.47 Å².